The van der Waals surface area contributed by atoms with Crippen LogP contribution in [0.5, 0.6) is 0 Å². The van der Waals surface area contributed by atoms with Gasteiger partial charge in [-0.25, -0.2) is 4.98 Å². The second kappa shape index (κ2) is 7.24. The van der Waals surface area contributed by atoms with Crippen LogP contribution in [0.1, 0.15) is 32.1 Å². The van der Waals surface area contributed by atoms with Crippen molar-refractivity contribution < 1.29 is 4.79 Å². The van der Waals surface area contributed by atoms with Crippen LogP contribution in [0.2, 0.25) is 0 Å². The van der Waals surface area contributed by atoms with E-state index in [-0.39, 0.29) is 5.91 Å². The average molecular weight is 276 g/mol. The van der Waals surface area contributed by atoms with E-state index in [9.17, 15) is 4.79 Å². The Kier molecular flexibility index (Phi) is 5.35. The molecule has 110 valence electrons. The molecule has 20 heavy (non-hydrogen) atoms. The van der Waals surface area contributed by atoms with E-state index in [1.54, 1.807) is 6.20 Å². The number of nitrogens with one attached hydrogen (secondary N) is 2. The van der Waals surface area contributed by atoms with Crippen molar-refractivity contribution in [1.29, 1.82) is 0 Å². The molecule has 2 N–H and O–H groups in total. The molecule has 1 amide bonds. The number of hydrogen-bond donors (Lipinski definition) is 2. The Morgan fingerprint density at radius 3 is 3.05 bits per heavy atom. The highest BCUT2D eigenvalue weighted by Gasteiger charge is 2.15. The van der Waals surface area contributed by atoms with Gasteiger partial charge in [0, 0.05) is 32.8 Å². The van der Waals surface area contributed by atoms with E-state index in [4.69, 9.17) is 0 Å². The summed E-state index contributed by atoms with van der Waals surface area (Å²) in [6.07, 6.45) is 6.90. The summed E-state index contributed by atoms with van der Waals surface area (Å²) in [6.45, 7) is 1.08. The highest BCUT2D eigenvalue weighted by Crippen LogP contribution is 2.21. The van der Waals surface area contributed by atoms with Gasteiger partial charge in [0.1, 0.15) is 0 Å². The fraction of sp³-hybridized carbons (Fsp3) is 0.600. The van der Waals surface area contributed by atoms with E-state index in [0.717, 1.165) is 24.5 Å². The number of carbonyl (C=O) groups is 1. The summed E-state index contributed by atoms with van der Waals surface area (Å²) in [6, 6.07) is 4.22. The van der Waals surface area contributed by atoms with E-state index < -0.39 is 0 Å². The molecule has 1 aromatic rings. The summed E-state index contributed by atoms with van der Waals surface area (Å²) < 4.78 is 0. The molecular formula is C15H24N4O. The van der Waals surface area contributed by atoms with Gasteiger partial charge in [0.2, 0.25) is 5.91 Å². The van der Waals surface area contributed by atoms with Crippen molar-refractivity contribution >= 4 is 17.4 Å². The van der Waals surface area contributed by atoms with E-state index in [1.807, 2.05) is 31.1 Å². The minimum atomic E-state index is 0.0634. The fourth-order valence-electron chi connectivity index (χ4n) is 2.54. The van der Waals surface area contributed by atoms with E-state index in [1.165, 1.54) is 19.3 Å². The lowest BCUT2D eigenvalue weighted by Crippen LogP contribution is -2.34. The Morgan fingerprint density at radius 2 is 2.35 bits per heavy atom. The number of aromatic nitrogens is 1. The number of hydrogen-bond acceptors (Lipinski definition) is 4. The molecule has 2 heterocycles. The molecule has 2 rings (SSSR count). The number of anilines is 2. The molecule has 1 unspecified atom stereocenters. The van der Waals surface area contributed by atoms with Gasteiger partial charge in [-0.15, -0.1) is 0 Å². The molecule has 1 atom stereocenters. The van der Waals surface area contributed by atoms with Crippen LogP contribution in [0.25, 0.3) is 0 Å². The van der Waals surface area contributed by atoms with Crippen LogP contribution in [0.3, 0.4) is 0 Å². The average Bonchev–Trinajstić information content (AvgIpc) is 2.46. The topological polar surface area (TPSA) is 57.3 Å². The Labute approximate surface area is 120 Å². The molecule has 0 aromatic carbocycles. The van der Waals surface area contributed by atoms with Crippen LogP contribution in [0.15, 0.2) is 18.3 Å². The molecular weight excluding hydrogens is 252 g/mol. The number of piperidine rings is 1. The van der Waals surface area contributed by atoms with Crippen molar-refractivity contribution in [2.24, 2.45) is 0 Å². The summed E-state index contributed by atoms with van der Waals surface area (Å²) in [7, 11) is 3.84. The second-order valence-corrected chi connectivity index (χ2v) is 5.50. The lowest BCUT2D eigenvalue weighted by Gasteiger charge is -2.23. The van der Waals surface area contributed by atoms with Gasteiger partial charge in [-0.1, -0.05) is 6.42 Å². The van der Waals surface area contributed by atoms with Gasteiger partial charge in [0.15, 0.2) is 5.82 Å². The van der Waals surface area contributed by atoms with Gasteiger partial charge in [0.25, 0.3) is 0 Å². The monoisotopic (exact) mass is 276 g/mol. The lowest BCUT2D eigenvalue weighted by molar-refractivity contribution is -0.116. The number of rotatable bonds is 5. The third-order valence-electron chi connectivity index (χ3n) is 3.62. The van der Waals surface area contributed by atoms with E-state index >= 15 is 0 Å². The first-order valence-electron chi connectivity index (χ1n) is 7.32. The molecule has 5 heteroatoms. The maximum Gasteiger partial charge on any atom is 0.224 e. The van der Waals surface area contributed by atoms with Crippen LogP contribution >= 0.6 is 0 Å². The SMILES string of the molecule is CN(C)c1ncccc1NC(=O)CCC1CCCCN1. The molecule has 1 saturated heterocycles. The van der Waals surface area contributed by atoms with Crippen molar-refractivity contribution in [2.75, 3.05) is 30.9 Å². The smallest absolute Gasteiger partial charge is 0.224 e. The molecule has 1 aliphatic rings. The van der Waals surface area contributed by atoms with Crippen molar-refractivity contribution in [3.05, 3.63) is 18.3 Å². The normalized spacial score (nSPS) is 18.6. The van der Waals surface area contributed by atoms with Crippen molar-refractivity contribution in [3.63, 3.8) is 0 Å². The molecule has 5 nitrogen and oxygen atoms in total. The maximum atomic E-state index is 12.0. The van der Waals surface area contributed by atoms with Crippen molar-refractivity contribution in [1.82, 2.24) is 10.3 Å². The molecule has 0 aliphatic carbocycles. The Hall–Kier alpha value is -1.62. The molecule has 0 radical (unpaired) electrons. The summed E-state index contributed by atoms with van der Waals surface area (Å²) in [5.74, 6) is 0.852. The van der Waals surface area contributed by atoms with Crippen molar-refractivity contribution in [3.8, 4) is 0 Å². The fourth-order valence-corrected chi connectivity index (χ4v) is 2.54. The third kappa shape index (κ3) is 4.20. The minimum absolute atomic E-state index is 0.0634. The highest BCUT2D eigenvalue weighted by molar-refractivity contribution is 5.93. The Morgan fingerprint density at radius 1 is 1.50 bits per heavy atom. The molecule has 1 fully saturated rings. The summed E-state index contributed by atoms with van der Waals surface area (Å²) >= 11 is 0. The molecule has 0 bridgehead atoms. The zero-order valence-electron chi connectivity index (χ0n) is 12.4. The molecule has 1 aromatic heterocycles. The molecule has 0 spiro atoms. The van der Waals surface area contributed by atoms with Crippen molar-refractivity contribution in [2.45, 2.75) is 38.1 Å². The largest absolute Gasteiger partial charge is 0.361 e. The number of carbonyl (C=O) groups excluding carboxylic acids is 1. The first-order chi connectivity index (χ1) is 9.66. The van der Waals surface area contributed by atoms with Crippen LogP contribution in [-0.4, -0.2) is 37.6 Å². The first kappa shape index (κ1) is 14.8. The van der Waals surface area contributed by atoms with Crippen LogP contribution < -0.4 is 15.5 Å². The summed E-state index contributed by atoms with van der Waals surface area (Å²) in [5, 5.41) is 6.43. The predicted molar refractivity (Wildman–Crippen MR) is 82.1 cm³/mol. The summed E-state index contributed by atoms with van der Waals surface area (Å²) in [4.78, 5) is 18.2. The Balaban J connectivity index is 1.85. The standard InChI is InChI=1S/C15H24N4O/c1-19(2)15-13(7-5-11-17-15)18-14(20)9-8-12-6-3-4-10-16-12/h5,7,11-12,16H,3-4,6,8-10H2,1-2H3,(H,18,20). The lowest BCUT2D eigenvalue weighted by atomic mass is 10.0. The van der Waals surface area contributed by atoms with Gasteiger partial charge >= 0.3 is 0 Å². The van der Waals surface area contributed by atoms with Gasteiger partial charge in [-0.3, -0.25) is 4.79 Å². The third-order valence-corrected chi connectivity index (χ3v) is 3.62. The van der Waals surface area contributed by atoms with Gasteiger partial charge in [-0.2, -0.15) is 0 Å². The van der Waals surface area contributed by atoms with Gasteiger partial charge < -0.3 is 15.5 Å². The summed E-state index contributed by atoms with van der Waals surface area (Å²) in [5.41, 5.74) is 0.777. The molecule has 1 aliphatic heterocycles. The second-order valence-electron chi connectivity index (χ2n) is 5.50. The Bertz CT molecular complexity index is 441. The first-order valence-corrected chi connectivity index (χ1v) is 7.32. The highest BCUT2D eigenvalue weighted by atomic mass is 16.1. The predicted octanol–water partition coefficient (Wildman–Crippen LogP) is 2.01. The van der Waals surface area contributed by atoms with Gasteiger partial charge in [0.05, 0.1) is 5.69 Å². The van der Waals surface area contributed by atoms with Crippen LogP contribution in [-0.2, 0) is 4.79 Å². The van der Waals surface area contributed by atoms with Crippen LogP contribution in [0, 0.1) is 0 Å². The zero-order chi connectivity index (χ0) is 14.4. The quantitative estimate of drug-likeness (QED) is 0.864. The van der Waals surface area contributed by atoms with Crippen LogP contribution in [0.4, 0.5) is 11.5 Å². The van der Waals surface area contributed by atoms with E-state index in [2.05, 4.69) is 15.6 Å². The minimum Gasteiger partial charge on any atom is -0.361 e. The number of amides is 1. The zero-order valence-corrected chi connectivity index (χ0v) is 12.4. The number of nitrogens with zero attached hydrogens (tertiary/aromatic N) is 2. The van der Waals surface area contributed by atoms with E-state index in [0.29, 0.717) is 12.5 Å². The maximum absolute atomic E-state index is 12.0. The van der Waals surface area contributed by atoms with Gasteiger partial charge in [-0.05, 0) is 37.9 Å². The molecule has 0 saturated carbocycles. The number of pyridine rings is 1.